The number of rotatable bonds is 3. The maximum absolute atomic E-state index is 12.5. The quantitative estimate of drug-likeness (QED) is 0.622. The lowest BCUT2D eigenvalue weighted by Crippen LogP contribution is -2.24. The van der Waals surface area contributed by atoms with Crippen LogP contribution >= 0.6 is 11.3 Å². The molecular weight excluding hydrogens is 324 g/mol. The highest BCUT2D eigenvalue weighted by molar-refractivity contribution is 7.17. The Morgan fingerprint density at radius 3 is 3.00 bits per heavy atom. The van der Waals surface area contributed by atoms with Crippen molar-refractivity contribution in [2.75, 3.05) is 0 Å². The van der Waals surface area contributed by atoms with Crippen LogP contribution in [0.4, 0.5) is 0 Å². The second-order valence-corrected chi connectivity index (χ2v) is 6.16. The molecule has 0 aliphatic carbocycles. The molecule has 0 aromatic carbocycles. The Morgan fingerprint density at radius 1 is 1.25 bits per heavy atom. The van der Waals surface area contributed by atoms with Crippen molar-refractivity contribution in [3.05, 3.63) is 75.8 Å². The van der Waals surface area contributed by atoms with E-state index in [1.54, 1.807) is 24.5 Å². The van der Waals surface area contributed by atoms with E-state index in [0.29, 0.717) is 28.0 Å². The van der Waals surface area contributed by atoms with Crippen molar-refractivity contribution >= 4 is 33.1 Å². The van der Waals surface area contributed by atoms with Gasteiger partial charge in [0.25, 0.3) is 11.5 Å². The van der Waals surface area contributed by atoms with E-state index in [0.717, 1.165) is 5.56 Å². The van der Waals surface area contributed by atoms with Crippen LogP contribution in [0, 0.1) is 0 Å². The lowest BCUT2D eigenvalue weighted by atomic mass is 10.2. The number of hydrogen-bond acceptors (Lipinski definition) is 5. The third kappa shape index (κ3) is 2.55. The highest BCUT2D eigenvalue weighted by Crippen LogP contribution is 2.15. The zero-order valence-corrected chi connectivity index (χ0v) is 13.3. The van der Waals surface area contributed by atoms with E-state index < -0.39 is 0 Å². The van der Waals surface area contributed by atoms with E-state index in [9.17, 15) is 9.59 Å². The fourth-order valence-electron chi connectivity index (χ4n) is 2.45. The molecule has 0 saturated carbocycles. The number of amides is 1. The second-order valence-electron chi connectivity index (χ2n) is 5.24. The maximum atomic E-state index is 12.5. The fraction of sp³-hybridized carbons (Fsp3) is 0.0588. The fourth-order valence-corrected chi connectivity index (χ4v) is 3.22. The summed E-state index contributed by atoms with van der Waals surface area (Å²) in [5, 5.41) is 4.65. The topological polar surface area (TPSA) is 76.4 Å². The molecular formula is C17H12N4O2S. The van der Waals surface area contributed by atoms with Gasteiger partial charge in [-0.2, -0.15) is 0 Å². The summed E-state index contributed by atoms with van der Waals surface area (Å²) < 4.78 is 2.00. The van der Waals surface area contributed by atoms with Crippen molar-refractivity contribution in [3.63, 3.8) is 0 Å². The predicted molar refractivity (Wildman–Crippen MR) is 92.3 cm³/mol. The maximum Gasteiger partial charge on any atom is 0.275 e. The van der Waals surface area contributed by atoms with Crippen LogP contribution in [0.5, 0.6) is 0 Å². The summed E-state index contributed by atoms with van der Waals surface area (Å²) in [6.45, 7) is 0.377. The SMILES string of the molecule is O=C(NCc1cccnc1)c1ccc2nc3ccsc3c(=O)n2c1. The van der Waals surface area contributed by atoms with Crippen molar-refractivity contribution in [2.45, 2.75) is 6.54 Å². The van der Waals surface area contributed by atoms with Crippen LogP contribution in [0.15, 0.2) is 59.1 Å². The van der Waals surface area contributed by atoms with Gasteiger partial charge in [0.2, 0.25) is 0 Å². The van der Waals surface area contributed by atoms with E-state index in [1.165, 1.54) is 21.9 Å². The van der Waals surface area contributed by atoms with Gasteiger partial charge in [0.05, 0.1) is 11.1 Å². The van der Waals surface area contributed by atoms with Crippen LogP contribution in [0.2, 0.25) is 0 Å². The third-order valence-corrected chi connectivity index (χ3v) is 4.55. The van der Waals surface area contributed by atoms with Crippen molar-refractivity contribution in [1.29, 1.82) is 0 Å². The van der Waals surface area contributed by atoms with Crippen molar-refractivity contribution in [3.8, 4) is 0 Å². The number of fused-ring (bicyclic) bond motifs is 2. The lowest BCUT2D eigenvalue weighted by molar-refractivity contribution is 0.0950. The molecule has 0 spiro atoms. The number of aromatic nitrogens is 3. The van der Waals surface area contributed by atoms with Crippen LogP contribution in [0.25, 0.3) is 15.9 Å². The van der Waals surface area contributed by atoms with Gasteiger partial charge in [-0.25, -0.2) is 4.98 Å². The summed E-state index contributed by atoms with van der Waals surface area (Å²) in [7, 11) is 0. The Balaban J connectivity index is 1.66. The molecule has 4 aromatic heterocycles. The first-order chi connectivity index (χ1) is 11.7. The van der Waals surface area contributed by atoms with Crippen molar-refractivity contribution in [2.24, 2.45) is 0 Å². The minimum Gasteiger partial charge on any atom is -0.348 e. The molecule has 0 radical (unpaired) electrons. The lowest BCUT2D eigenvalue weighted by Gasteiger charge is -2.07. The Labute approximate surface area is 140 Å². The average Bonchev–Trinajstić information content (AvgIpc) is 3.09. The van der Waals surface area contributed by atoms with Crippen LogP contribution in [-0.2, 0) is 6.54 Å². The highest BCUT2D eigenvalue weighted by atomic mass is 32.1. The number of hydrogen-bond donors (Lipinski definition) is 1. The van der Waals surface area contributed by atoms with Crippen LogP contribution in [0.1, 0.15) is 15.9 Å². The van der Waals surface area contributed by atoms with Gasteiger partial charge in [-0.1, -0.05) is 6.07 Å². The largest absolute Gasteiger partial charge is 0.348 e. The van der Waals surface area contributed by atoms with Gasteiger partial charge >= 0.3 is 0 Å². The molecule has 0 aliphatic rings. The molecule has 4 heterocycles. The smallest absolute Gasteiger partial charge is 0.275 e. The van der Waals surface area contributed by atoms with E-state index >= 15 is 0 Å². The number of carbonyl (C=O) groups excluding carboxylic acids is 1. The number of nitrogens with zero attached hydrogens (tertiary/aromatic N) is 3. The standard InChI is InChI=1S/C17H12N4O2S/c22-16(19-9-11-2-1-6-18-8-11)12-3-4-14-20-13-5-7-24-15(13)17(23)21(14)10-12/h1-8,10H,9H2,(H,19,22). The van der Waals surface area contributed by atoms with E-state index in [1.807, 2.05) is 23.6 Å². The Hall–Kier alpha value is -3.06. The molecule has 1 N–H and O–H groups in total. The molecule has 0 bridgehead atoms. The predicted octanol–water partition coefficient (Wildman–Crippen LogP) is 2.23. The molecule has 118 valence electrons. The molecule has 0 unspecified atom stereocenters. The molecule has 4 aromatic rings. The Kier molecular flexibility index (Phi) is 3.55. The molecule has 0 saturated heterocycles. The van der Waals surface area contributed by atoms with Crippen molar-refractivity contribution < 1.29 is 4.79 Å². The van der Waals surface area contributed by atoms with E-state index in [2.05, 4.69) is 15.3 Å². The normalized spacial score (nSPS) is 11.0. The molecule has 6 nitrogen and oxygen atoms in total. The van der Waals surface area contributed by atoms with Gasteiger partial charge in [-0.05, 0) is 35.2 Å². The number of carbonyl (C=O) groups is 1. The first-order valence-corrected chi connectivity index (χ1v) is 8.17. The van der Waals surface area contributed by atoms with Gasteiger partial charge in [0.1, 0.15) is 10.3 Å². The second kappa shape index (κ2) is 5.86. The van der Waals surface area contributed by atoms with Gasteiger partial charge in [0, 0.05) is 25.1 Å². The average molecular weight is 336 g/mol. The van der Waals surface area contributed by atoms with Gasteiger partial charge < -0.3 is 5.32 Å². The first kappa shape index (κ1) is 14.5. The van der Waals surface area contributed by atoms with E-state index in [4.69, 9.17) is 0 Å². The van der Waals surface area contributed by atoms with Crippen LogP contribution < -0.4 is 10.9 Å². The summed E-state index contributed by atoms with van der Waals surface area (Å²) in [4.78, 5) is 33.3. The molecule has 0 fully saturated rings. The monoisotopic (exact) mass is 336 g/mol. The summed E-state index contributed by atoms with van der Waals surface area (Å²) in [6, 6.07) is 8.86. The summed E-state index contributed by atoms with van der Waals surface area (Å²) >= 11 is 1.35. The summed E-state index contributed by atoms with van der Waals surface area (Å²) in [6.07, 6.45) is 4.91. The molecule has 1 amide bonds. The minimum absolute atomic E-state index is 0.160. The molecule has 0 aliphatic heterocycles. The van der Waals surface area contributed by atoms with Crippen LogP contribution in [-0.4, -0.2) is 20.3 Å². The third-order valence-electron chi connectivity index (χ3n) is 3.66. The zero-order chi connectivity index (χ0) is 16.5. The number of pyridine rings is 2. The Bertz CT molecular complexity index is 1100. The highest BCUT2D eigenvalue weighted by Gasteiger charge is 2.10. The molecule has 24 heavy (non-hydrogen) atoms. The first-order valence-electron chi connectivity index (χ1n) is 7.29. The minimum atomic E-state index is -0.251. The summed E-state index contributed by atoms with van der Waals surface area (Å²) in [5.74, 6) is -0.251. The molecule has 0 atom stereocenters. The van der Waals surface area contributed by atoms with Crippen LogP contribution in [0.3, 0.4) is 0 Å². The number of thiophene rings is 1. The zero-order valence-electron chi connectivity index (χ0n) is 12.5. The number of nitrogens with one attached hydrogen (secondary N) is 1. The van der Waals surface area contributed by atoms with E-state index in [-0.39, 0.29) is 11.5 Å². The van der Waals surface area contributed by atoms with Gasteiger partial charge in [-0.15, -0.1) is 11.3 Å². The molecule has 4 rings (SSSR count). The Morgan fingerprint density at radius 2 is 2.17 bits per heavy atom. The molecule has 7 heteroatoms. The summed E-state index contributed by atoms with van der Waals surface area (Å²) in [5.41, 5.74) is 2.36. The van der Waals surface area contributed by atoms with Crippen molar-refractivity contribution in [1.82, 2.24) is 19.7 Å². The van der Waals surface area contributed by atoms with Gasteiger partial charge in [-0.3, -0.25) is 19.0 Å². The van der Waals surface area contributed by atoms with Gasteiger partial charge in [0.15, 0.2) is 0 Å².